The molecule has 1 aliphatic carbocycles. The first-order valence-electron chi connectivity index (χ1n) is 23.7. The molecule has 2 aliphatic rings. The fourth-order valence-electron chi connectivity index (χ4n) is 11.6. The van der Waals surface area contributed by atoms with Gasteiger partial charge in [-0.15, -0.1) is 0 Å². The predicted octanol–water partition coefficient (Wildman–Crippen LogP) is 16.0. The molecule has 0 saturated heterocycles. The Morgan fingerprint density at radius 1 is 0.371 bits per heavy atom. The third-order valence-corrected chi connectivity index (χ3v) is 14.5. The van der Waals surface area contributed by atoms with Crippen LogP contribution in [0.3, 0.4) is 0 Å². The Hall–Kier alpha value is -9.39. The zero-order chi connectivity index (χ0) is 45.9. The van der Waals surface area contributed by atoms with E-state index in [1.807, 2.05) is 42.5 Å². The molecule has 15 rings (SSSR count). The van der Waals surface area contributed by atoms with Gasteiger partial charge in [0.1, 0.15) is 17.1 Å². The first-order chi connectivity index (χ1) is 34.7. The van der Waals surface area contributed by atoms with Crippen molar-refractivity contribution in [1.82, 2.24) is 19.5 Å². The Bertz CT molecular complexity index is 4170. The second kappa shape index (κ2) is 14.8. The Morgan fingerprint density at radius 2 is 0.886 bits per heavy atom. The number of ether oxygens (including phenoxy) is 1. The summed E-state index contributed by atoms with van der Waals surface area (Å²) in [4.78, 5) is 15.4. The molecule has 0 N–H and O–H groups in total. The lowest BCUT2D eigenvalue weighted by atomic mass is 9.66. The number of nitrogens with zero attached hydrogens (tertiary/aromatic N) is 4. The third kappa shape index (κ3) is 5.47. The Morgan fingerprint density at radius 3 is 1.54 bits per heavy atom. The molecule has 0 saturated carbocycles. The minimum absolute atomic E-state index is 0.606. The Kier molecular flexibility index (Phi) is 8.18. The van der Waals surface area contributed by atoms with Crippen LogP contribution in [0.2, 0.25) is 0 Å². The smallest absolute Gasteiger partial charge is 0.164 e. The zero-order valence-electron chi connectivity index (χ0n) is 37.5. The van der Waals surface area contributed by atoms with Gasteiger partial charge in [0, 0.05) is 55.0 Å². The van der Waals surface area contributed by atoms with Crippen LogP contribution in [0.4, 0.5) is 0 Å². The topological polar surface area (TPSA) is 66.0 Å². The number of rotatable bonds is 5. The fourth-order valence-corrected chi connectivity index (χ4v) is 11.6. The van der Waals surface area contributed by atoms with Crippen LogP contribution in [-0.2, 0) is 5.41 Å². The van der Waals surface area contributed by atoms with E-state index < -0.39 is 5.41 Å². The van der Waals surface area contributed by atoms with Crippen molar-refractivity contribution in [3.63, 3.8) is 0 Å². The first kappa shape index (κ1) is 38.7. The van der Waals surface area contributed by atoms with E-state index in [0.717, 1.165) is 111 Å². The van der Waals surface area contributed by atoms with Crippen LogP contribution in [0.5, 0.6) is 11.5 Å². The molecule has 3 aromatic heterocycles. The van der Waals surface area contributed by atoms with Crippen LogP contribution in [-0.4, -0.2) is 19.5 Å². The summed E-state index contributed by atoms with van der Waals surface area (Å²) in [5.41, 5.74) is 16.1. The van der Waals surface area contributed by atoms with Crippen LogP contribution < -0.4 is 4.74 Å². The predicted molar refractivity (Wildman–Crippen MR) is 281 cm³/mol. The minimum Gasteiger partial charge on any atom is -0.457 e. The number of furan rings is 1. The van der Waals surface area contributed by atoms with Crippen LogP contribution >= 0.6 is 0 Å². The van der Waals surface area contributed by atoms with Crippen molar-refractivity contribution in [2.24, 2.45) is 0 Å². The van der Waals surface area contributed by atoms with Crippen molar-refractivity contribution < 1.29 is 9.15 Å². The monoisotopic (exact) mass is 894 g/mol. The lowest BCUT2D eigenvalue weighted by Crippen LogP contribution is -2.32. The number of para-hydroxylation sites is 5. The van der Waals surface area contributed by atoms with Crippen molar-refractivity contribution >= 4 is 43.7 Å². The van der Waals surface area contributed by atoms with Crippen molar-refractivity contribution in [3.05, 3.63) is 253 Å². The van der Waals surface area contributed by atoms with Gasteiger partial charge in [-0.3, -0.25) is 0 Å². The minimum atomic E-state index is -0.681. The van der Waals surface area contributed by atoms with Crippen LogP contribution in [0, 0.1) is 0 Å². The molecule has 326 valence electrons. The van der Waals surface area contributed by atoms with E-state index in [4.69, 9.17) is 24.1 Å². The zero-order valence-corrected chi connectivity index (χ0v) is 37.5. The Labute approximate surface area is 402 Å². The van der Waals surface area contributed by atoms with E-state index >= 15 is 0 Å². The van der Waals surface area contributed by atoms with Gasteiger partial charge in [0.2, 0.25) is 0 Å². The van der Waals surface area contributed by atoms with Crippen LogP contribution in [0.15, 0.2) is 235 Å². The van der Waals surface area contributed by atoms with Gasteiger partial charge in [0.05, 0.1) is 16.4 Å². The molecule has 6 heteroatoms. The maximum absolute atomic E-state index is 6.89. The lowest BCUT2D eigenvalue weighted by molar-refractivity contribution is 0.436. The van der Waals surface area contributed by atoms with Gasteiger partial charge in [-0.05, 0) is 88.0 Å². The molecule has 4 heterocycles. The summed E-state index contributed by atoms with van der Waals surface area (Å²) in [6, 6.07) is 81.4. The van der Waals surface area contributed by atoms with E-state index in [-0.39, 0.29) is 0 Å². The summed E-state index contributed by atoms with van der Waals surface area (Å²) in [5.74, 6) is 3.54. The lowest BCUT2D eigenvalue weighted by Gasteiger charge is -2.39. The number of hydrogen-bond donors (Lipinski definition) is 0. The molecule has 13 aromatic rings. The van der Waals surface area contributed by atoms with Gasteiger partial charge >= 0.3 is 0 Å². The molecule has 0 amide bonds. The molecular formula is C64H38N4O2. The van der Waals surface area contributed by atoms with Crippen molar-refractivity contribution in [2.45, 2.75) is 5.41 Å². The van der Waals surface area contributed by atoms with Crippen LogP contribution in [0.25, 0.3) is 106 Å². The van der Waals surface area contributed by atoms with E-state index in [9.17, 15) is 0 Å². The number of fused-ring (bicyclic) bond motifs is 16. The number of hydrogen-bond acceptors (Lipinski definition) is 5. The maximum Gasteiger partial charge on any atom is 0.164 e. The molecule has 0 unspecified atom stereocenters. The number of aromatic nitrogens is 4. The molecule has 0 fully saturated rings. The molecular weight excluding hydrogens is 857 g/mol. The molecule has 1 spiro atoms. The maximum atomic E-state index is 6.89. The van der Waals surface area contributed by atoms with Crippen molar-refractivity contribution in [3.8, 4) is 73.6 Å². The van der Waals surface area contributed by atoms with E-state index in [1.54, 1.807) is 0 Å². The van der Waals surface area contributed by atoms with Crippen molar-refractivity contribution in [2.75, 3.05) is 0 Å². The summed E-state index contributed by atoms with van der Waals surface area (Å²) in [6.45, 7) is 0. The highest BCUT2D eigenvalue weighted by atomic mass is 16.5. The summed E-state index contributed by atoms with van der Waals surface area (Å²) >= 11 is 0. The highest BCUT2D eigenvalue weighted by Crippen LogP contribution is 2.63. The summed E-state index contributed by atoms with van der Waals surface area (Å²) in [5, 5.41) is 4.45. The molecule has 70 heavy (non-hydrogen) atoms. The molecule has 6 nitrogen and oxygen atoms in total. The van der Waals surface area contributed by atoms with Gasteiger partial charge in [-0.1, -0.05) is 176 Å². The SMILES string of the molecule is c1ccc(-c2nc(-c3ccccc3)nc(-c3ccc4c(c3)-c3cc(-c5cc6c7ccccc7oc6c6c5c5ccccc5n6-c5ccccc5)ccc3C43c4ccccc4Oc4ccccc43)n2)cc1. The summed E-state index contributed by atoms with van der Waals surface area (Å²) < 4.78 is 16.0. The number of benzene rings is 10. The van der Waals surface area contributed by atoms with E-state index in [1.165, 1.54) is 11.1 Å². The largest absolute Gasteiger partial charge is 0.457 e. The second-order valence-electron chi connectivity index (χ2n) is 18.2. The van der Waals surface area contributed by atoms with Gasteiger partial charge in [-0.25, -0.2) is 15.0 Å². The first-order valence-corrected chi connectivity index (χ1v) is 23.7. The van der Waals surface area contributed by atoms with Gasteiger partial charge < -0.3 is 13.7 Å². The highest BCUT2D eigenvalue weighted by Gasteiger charge is 2.51. The summed E-state index contributed by atoms with van der Waals surface area (Å²) in [7, 11) is 0. The summed E-state index contributed by atoms with van der Waals surface area (Å²) in [6.07, 6.45) is 0. The van der Waals surface area contributed by atoms with Crippen molar-refractivity contribution in [1.29, 1.82) is 0 Å². The second-order valence-corrected chi connectivity index (χ2v) is 18.2. The van der Waals surface area contributed by atoms with E-state index in [2.05, 4.69) is 193 Å². The average molecular weight is 895 g/mol. The standard InChI is InChI=1S/C64H38N4O2/c1-4-18-39(19-5-1)61-65-62(40-20-6-2-7-21-40)67-63(66-61)42-33-35-51-48(37-42)47-36-41(32-34-50(47)64(51)52-26-12-16-30-56(52)69-57-31-17-13-27-53(57)64)46-38-49-44-24-11-15-29-55(44)70-60(49)59-58(46)45-25-10-14-28-54(45)68(59)43-22-8-3-9-23-43/h1-38H. The molecule has 1 aliphatic heterocycles. The molecule has 0 bridgehead atoms. The Balaban J connectivity index is 1.04. The van der Waals surface area contributed by atoms with E-state index in [0.29, 0.717) is 17.5 Å². The molecule has 0 radical (unpaired) electrons. The van der Waals surface area contributed by atoms with Gasteiger partial charge in [0.25, 0.3) is 0 Å². The highest BCUT2D eigenvalue weighted by molar-refractivity contribution is 6.26. The quantitative estimate of drug-likeness (QED) is 0.172. The molecule has 0 atom stereocenters. The average Bonchev–Trinajstić information content (AvgIpc) is 4.08. The fraction of sp³-hybridized carbons (Fsp3) is 0.0156. The van der Waals surface area contributed by atoms with Crippen LogP contribution in [0.1, 0.15) is 22.3 Å². The van der Waals surface area contributed by atoms with Gasteiger partial charge in [0.15, 0.2) is 23.1 Å². The molecule has 10 aromatic carbocycles. The third-order valence-electron chi connectivity index (χ3n) is 14.5. The van der Waals surface area contributed by atoms with Gasteiger partial charge in [-0.2, -0.15) is 0 Å². The normalized spacial score (nSPS) is 13.1.